The highest BCUT2D eigenvalue weighted by Crippen LogP contribution is 2.38. The highest BCUT2D eigenvalue weighted by Gasteiger charge is 2.42. The van der Waals surface area contributed by atoms with Gasteiger partial charge in [0, 0.05) is 17.2 Å². The van der Waals surface area contributed by atoms with Crippen molar-refractivity contribution in [3.63, 3.8) is 0 Å². The number of hydrogen-bond acceptors (Lipinski definition) is 4. The molecule has 0 bridgehead atoms. The van der Waals surface area contributed by atoms with Crippen LogP contribution in [0, 0.1) is 11.8 Å². The zero-order valence-corrected chi connectivity index (χ0v) is 15.3. The normalized spacial score (nSPS) is 23.6. The number of methoxy groups -OCH3 is 1. The van der Waals surface area contributed by atoms with E-state index in [1.54, 1.807) is 24.3 Å². The third kappa shape index (κ3) is 3.89. The molecule has 2 amide bonds. The van der Waals surface area contributed by atoms with Crippen LogP contribution in [0.15, 0.2) is 24.3 Å². The lowest BCUT2D eigenvalue weighted by Crippen LogP contribution is -2.56. The van der Waals surface area contributed by atoms with Gasteiger partial charge in [-0.2, -0.15) is 0 Å². The average Bonchev–Trinajstić information content (AvgIpc) is 3.39. The van der Waals surface area contributed by atoms with Gasteiger partial charge in [-0.15, -0.1) is 0 Å². The summed E-state index contributed by atoms with van der Waals surface area (Å²) in [5.74, 6) is -0.232. The highest BCUT2D eigenvalue weighted by atomic mass is 16.5. The number of rotatable bonds is 5. The maximum atomic E-state index is 12.7. The molecule has 0 heterocycles. The van der Waals surface area contributed by atoms with E-state index in [1.165, 1.54) is 7.11 Å². The van der Waals surface area contributed by atoms with Crippen LogP contribution in [0.4, 0.5) is 5.69 Å². The zero-order valence-electron chi connectivity index (χ0n) is 15.3. The van der Waals surface area contributed by atoms with Crippen LogP contribution in [-0.2, 0) is 14.3 Å². The summed E-state index contributed by atoms with van der Waals surface area (Å²) in [6, 6.07) is 6.82. The minimum atomic E-state index is -0.952. The predicted octanol–water partition coefficient (Wildman–Crippen LogP) is 2.89. The second kappa shape index (κ2) is 7.48. The minimum Gasteiger partial charge on any atom is -0.467 e. The number of anilines is 1. The van der Waals surface area contributed by atoms with E-state index in [1.807, 2.05) is 6.92 Å². The van der Waals surface area contributed by atoms with E-state index in [9.17, 15) is 14.4 Å². The van der Waals surface area contributed by atoms with Crippen molar-refractivity contribution in [3.8, 4) is 0 Å². The third-order valence-corrected chi connectivity index (χ3v) is 5.47. The molecule has 1 aromatic carbocycles. The summed E-state index contributed by atoms with van der Waals surface area (Å²) in [5.41, 5.74) is 0.0604. The fraction of sp³-hybridized carbons (Fsp3) is 0.550. The first-order valence-corrected chi connectivity index (χ1v) is 9.27. The molecule has 0 radical (unpaired) electrons. The van der Waals surface area contributed by atoms with Crippen molar-refractivity contribution in [2.75, 3.05) is 12.4 Å². The van der Waals surface area contributed by atoms with Crippen LogP contribution in [-0.4, -0.2) is 30.4 Å². The third-order valence-electron chi connectivity index (χ3n) is 5.47. The Balaban J connectivity index is 1.71. The van der Waals surface area contributed by atoms with Gasteiger partial charge in [-0.05, 0) is 43.4 Å². The summed E-state index contributed by atoms with van der Waals surface area (Å²) >= 11 is 0. The van der Waals surface area contributed by atoms with Crippen LogP contribution < -0.4 is 10.6 Å². The fourth-order valence-corrected chi connectivity index (χ4v) is 3.68. The van der Waals surface area contributed by atoms with E-state index in [2.05, 4.69) is 10.6 Å². The Kier molecular flexibility index (Phi) is 5.30. The van der Waals surface area contributed by atoms with Gasteiger partial charge in [0.1, 0.15) is 5.54 Å². The lowest BCUT2D eigenvalue weighted by molar-refractivity contribution is -0.149. The lowest BCUT2D eigenvalue weighted by atomic mass is 9.81. The van der Waals surface area contributed by atoms with E-state index >= 15 is 0 Å². The monoisotopic (exact) mass is 358 g/mol. The van der Waals surface area contributed by atoms with Crippen molar-refractivity contribution in [1.82, 2.24) is 5.32 Å². The Morgan fingerprint density at radius 1 is 1.15 bits per heavy atom. The summed E-state index contributed by atoms with van der Waals surface area (Å²) in [4.78, 5) is 37.1. The van der Waals surface area contributed by atoms with Crippen molar-refractivity contribution >= 4 is 23.5 Å². The number of carbonyl (C=O) groups excluding carboxylic acids is 3. The summed E-state index contributed by atoms with van der Waals surface area (Å²) in [5, 5.41) is 5.76. The van der Waals surface area contributed by atoms with E-state index in [4.69, 9.17) is 4.74 Å². The van der Waals surface area contributed by atoms with Gasteiger partial charge in [-0.1, -0.05) is 32.3 Å². The molecule has 0 spiro atoms. The Labute approximate surface area is 153 Å². The standard InChI is InChI=1S/C20H26N2O4/c1-13-11-16(13)18(24)21-15-8-6-7-14(12-15)17(23)22-20(19(25)26-2)9-4-3-5-10-20/h6-8,12-13,16H,3-5,9-11H2,1-2H3,(H,21,24)(H,22,23). The molecule has 2 fully saturated rings. The van der Waals surface area contributed by atoms with Crippen LogP contribution in [0.1, 0.15) is 55.8 Å². The molecular weight excluding hydrogens is 332 g/mol. The molecule has 2 atom stereocenters. The quantitative estimate of drug-likeness (QED) is 0.793. The largest absolute Gasteiger partial charge is 0.467 e. The van der Waals surface area contributed by atoms with E-state index in [0.717, 1.165) is 25.7 Å². The van der Waals surface area contributed by atoms with Gasteiger partial charge in [0.2, 0.25) is 5.91 Å². The molecule has 0 saturated heterocycles. The summed E-state index contributed by atoms with van der Waals surface area (Å²) in [6.45, 7) is 2.05. The molecule has 0 aliphatic heterocycles. The molecule has 2 N–H and O–H groups in total. The molecule has 6 nitrogen and oxygen atoms in total. The molecule has 2 aliphatic carbocycles. The van der Waals surface area contributed by atoms with Gasteiger partial charge in [0.05, 0.1) is 7.11 Å². The summed E-state index contributed by atoms with van der Waals surface area (Å²) in [6.07, 6.45) is 4.89. The number of carbonyl (C=O) groups is 3. The van der Waals surface area contributed by atoms with Crippen molar-refractivity contribution in [2.45, 2.75) is 51.0 Å². The van der Waals surface area contributed by atoms with Crippen LogP contribution >= 0.6 is 0 Å². The second-order valence-corrected chi connectivity index (χ2v) is 7.48. The van der Waals surface area contributed by atoms with E-state index < -0.39 is 11.5 Å². The topological polar surface area (TPSA) is 84.5 Å². The Bertz CT molecular complexity index is 710. The Morgan fingerprint density at radius 2 is 1.85 bits per heavy atom. The smallest absolute Gasteiger partial charge is 0.331 e. The van der Waals surface area contributed by atoms with Crippen molar-refractivity contribution in [2.24, 2.45) is 11.8 Å². The highest BCUT2D eigenvalue weighted by molar-refractivity contribution is 6.00. The first-order chi connectivity index (χ1) is 12.4. The van der Waals surface area contributed by atoms with Crippen LogP contribution in [0.2, 0.25) is 0 Å². The van der Waals surface area contributed by atoms with Crippen molar-refractivity contribution < 1.29 is 19.1 Å². The molecule has 2 unspecified atom stereocenters. The number of nitrogens with one attached hydrogen (secondary N) is 2. The number of ether oxygens (including phenoxy) is 1. The van der Waals surface area contributed by atoms with Crippen LogP contribution in [0.5, 0.6) is 0 Å². The molecule has 2 aliphatic rings. The van der Waals surface area contributed by atoms with Crippen LogP contribution in [0.25, 0.3) is 0 Å². The molecule has 2 saturated carbocycles. The SMILES string of the molecule is COC(=O)C1(NC(=O)c2cccc(NC(=O)C3CC3C)c2)CCCCC1. The van der Waals surface area contributed by atoms with Gasteiger partial charge in [-0.25, -0.2) is 4.79 Å². The van der Waals surface area contributed by atoms with E-state index in [-0.39, 0.29) is 17.7 Å². The first kappa shape index (κ1) is 18.4. The molecule has 26 heavy (non-hydrogen) atoms. The van der Waals surface area contributed by atoms with Crippen molar-refractivity contribution in [1.29, 1.82) is 0 Å². The molecular formula is C20H26N2O4. The maximum Gasteiger partial charge on any atom is 0.331 e. The number of amides is 2. The molecule has 1 aromatic rings. The molecule has 140 valence electrons. The molecule has 6 heteroatoms. The molecule has 0 aromatic heterocycles. The van der Waals surface area contributed by atoms with Gasteiger partial charge < -0.3 is 15.4 Å². The van der Waals surface area contributed by atoms with Gasteiger partial charge in [-0.3, -0.25) is 9.59 Å². The first-order valence-electron chi connectivity index (χ1n) is 9.27. The summed E-state index contributed by atoms with van der Waals surface area (Å²) in [7, 11) is 1.35. The Hall–Kier alpha value is -2.37. The second-order valence-electron chi connectivity index (χ2n) is 7.48. The van der Waals surface area contributed by atoms with E-state index in [0.29, 0.717) is 30.0 Å². The van der Waals surface area contributed by atoms with Crippen molar-refractivity contribution in [3.05, 3.63) is 29.8 Å². The average molecular weight is 358 g/mol. The minimum absolute atomic E-state index is 0.00614. The molecule has 3 rings (SSSR count). The predicted molar refractivity (Wildman–Crippen MR) is 97.6 cm³/mol. The number of hydrogen-bond donors (Lipinski definition) is 2. The number of esters is 1. The lowest BCUT2D eigenvalue weighted by Gasteiger charge is -2.35. The van der Waals surface area contributed by atoms with Gasteiger partial charge >= 0.3 is 5.97 Å². The number of benzene rings is 1. The zero-order chi connectivity index (χ0) is 18.7. The Morgan fingerprint density at radius 3 is 2.46 bits per heavy atom. The van der Waals surface area contributed by atoms with Gasteiger partial charge in [0.15, 0.2) is 0 Å². The summed E-state index contributed by atoms with van der Waals surface area (Å²) < 4.78 is 4.94. The van der Waals surface area contributed by atoms with Gasteiger partial charge in [0.25, 0.3) is 5.91 Å². The van der Waals surface area contributed by atoms with Crippen LogP contribution in [0.3, 0.4) is 0 Å². The fourth-order valence-electron chi connectivity index (χ4n) is 3.68. The maximum absolute atomic E-state index is 12.7.